The second kappa shape index (κ2) is 12.0. The van der Waals surface area contributed by atoms with Gasteiger partial charge in [-0.15, -0.1) is 0 Å². The fraction of sp³-hybridized carbons (Fsp3) is 0.487. The van der Waals surface area contributed by atoms with E-state index < -0.39 is 20.0 Å². The van der Waals surface area contributed by atoms with Crippen LogP contribution in [-0.2, 0) is 49.3 Å². The van der Waals surface area contributed by atoms with Crippen LogP contribution in [0.3, 0.4) is 0 Å². The van der Waals surface area contributed by atoms with Gasteiger partial charge in [0.05, 0.1) is 0 Å². The Morgan fingerprint density at radius 3 is 1.02 bits per heavy atom. The maximum absolute atomic E-state index is 6.83. The predicted octanol–water partition coefficient (Wildman–Crippen LogP) is 9.87. The van der Waals surface area contributed by atoms with Gasteiger partial charge in [-0.25, -0.2) is 0 Å². The zero-order valence-electron chi connectivity index (χ0n) is 28.5. The van der Waals surface area contributed by atoms with Gasteiger partial charge in [-0.2, -0.15) is 0 Å². The quantitative estimate of drug-likeness (QED) is 0.162. The molecule has 0 radical (unpaired) electrons. The molecule has 2 aliphatic carbocycles. The highest BCUT2D eigenvalue weighted by Gasteiger charge is 2.36. The highest BCUT2D eigenvalue weighted by molar-refractivity contribution is 8.19. The van der Waals surface area contributed by atoms with Crippen molar-refractivity contribution in [1.29, 1.82) is 0 Å². The van der Waals surface area contributed by atoms with Crippen molar-refractivity contribution in [1.82, 2.24) is 0 Å². The van der Waals surface area contributed by atoms with E-state index in [1.165, 1.54) is 32.9 Å². The van der Waals surface area contributed by atoms with Crippen LogP contribution in [0.4, 0.5) is 0 Å². The lowest BCUT2D eigenvalue weighted by molar-refractivity contribution is 1.02. The normalized spacial score (nSPS) is 15.2. The summed E-state index contributed by atoms with van der Waals surface area (Å²) in [4.78, 5) is 0. The minimum absolute atomic E-state index is 0.472. The van der Waals surface area contributed by atoms with Gasteiger partial charge in [0.1, 0.15) is 0 Å². The molecular formula is C39H51P3S2. The topological polar surface area (TPSA) is 0 Å². The average Bonchev–Trinajstić information content (AvgIpc) is 3.59. The van der Waals surface area contributed by atoms with Gasteiger partial charge in [-0.3, -0.25) is 0 Å². The molecule has 0 heterocycles. The summed E-state index contributed by atoms with van der Waals surface area (Å²) in [6, 6.07) is 16.2. The number of hydrogen-bond donors (Lipinski definition) is 0. The molecule has 0 saturated heterocycles. The van der Waals surface area contributed by atoms with Gasteiger partial charge in [0, 0.05) is 0 Å². The van der Waals surface area contributed by atoms with Crippen molar-refractivity contribution < 1.29 is 0 Å². The van der Waals surface area contributed by atoms with E-state index in [1.807, 2.05) is 0 Å². The first-order valence-electron chi connectivity index (χ1n) is 16.9. The Bertz CT molecular complexity index is 1700. The predicted molar refractivity (Wildman–Crippen MR) is 212 cm³/mol. The highest BCUT2D eigenvalue weighted by atomic mass is 32.4. The third-order valence-electron chi connectivity index (χ3n) is 10.8. The van der Waals surface area contributed by atoms with Crippen LogP contribution in [0.5, 0.6) is 0 Å². The Morgan fingerprint density at radius 2 is 0.750 bits per heavy atom. The summed E-state index contributed by atoms with van der Waals surface area (Å²) in [6.07, 6.45) is 4.60. The second-order valence-electron chi connectivity index (χ2n) is 14.7. The zero-order chi connectivity index (χ0) is 31.9. The molecule has 0 aliphatic heterocycles. The molecule has 2 aliphatic rings. The van der Waals surface area contributed by atoms with E-state index in [0.717, 1.165) is 25.7 Å². The van der Waals surface area contributed by atoms with Crippen molar-refractivity contribution in [2.75, 3.05) is 0 Å². The molecule has 0 N–H and O–H groups in total. The Kier molecular flexibility index (Phi) is 9.00. The van der Waals surface area contributed by atoms with E-state index in [2.05, 4.69) is 118 Å². The third kappa shape index (κ3) is 4.83. The minimum atomic E-state index is -1.84. The maximum Gasteiger partial charge on any atom is -0.00129 e. The van der Waals surface area contributed by atoms with Gasteiger partial charge < -0.3 is 0 Å². The molecule has 0 fully saturated rings. The Hall–Kier alpha value is -0.870. The van der Waals surface area contributed by atoms with Crippen molar-refractivity contribution in [3.05, 3.63) is 70.8 Å². The molecule has 44 heavy (non-hydrogen) atoms. The molecule has 0 atom stereocenters. The minimum Gasteiger partial charge on any atom is -0.0920 e. The first kappa shape index (κ1) is 33.0. The maximum atomic E-state index is 6.83. The molecule has 0 unspecified atom stereocenters. The van der Waals surface area contributed by atoms with Crippen molar-refractivity contribution in [2.45, 2.75) is 123 Å². The molecule has 0 amide bonds. The fourth-order valence-corrected chi connectivity index (χ4v) is 18.8. The SMILES string of the molecule is CC(C)P(c1ccc2c3c(ccc(P(=S)(C(C)C)C(C)C)c13)CC2)c1ccc2c3c(ccc(P(=S)(C(C)C)C(C)C)c13)CC2. The summed E-state index contributed by atoms with van der Waals surface area (Å²) >= 11 is 13.7. The monoisotopic (exact) mass is 676 g/mol. The highest BCUT2D eigenvalue weighted by Crippen LogP contribution is 2.59. The smallest absolute Gasteiger partial charge is 0.00129 e. The van der Waals surface area contributed by atoms with Crippen molar-refractivity contribution >= 4 is 86.4 Å². The largest absolute Gasteiger partial charge is 0.0920 e. The summed E-state index contributed by atoms with van der Waals surface area (Å²) in [6.45, 7) is 24.0. The lowest BCUT2D eigenvalue weighted by atomic mass is 10.0. The van der Waals surface area contributed by atoms with Crippen LogP contribution in [0, 0.1) is 0 Å². The summed E-state index contributed by atoms with van der Waals surface area (Å²) in [5.41, 5.74) is 8.51. The summed E-state index contributed by atoms with van der Waals surface area (Å²) in [5.74, 6) is 0. The van der Waals surface area contributed by atoms with E-state index in [9.17, 15) is 0 Å². The number of hydrogen-bond acceptors (Lipinski definition) is 2. The molecule has 6 rings (SSSR count). The molecular weight excluding hydrogens is 625 g/mol. The van der Waals surface area contributed by atoms with Gasteiger partial charge in [-0.1, -0.05) is 141 Å². The van der Waals surface area contributed by atoms with Crippen LogP contribution in [0.15, 0.2) is 48.5 Å². The summed E-state index contributed by atoms with van der Waals surface area (Å²) in [5, 5.41) is 12.3. The first-order chi connectivity index (χ1) is 20.7. The molecule has 4 aromatic carbocycles. The molecule has 0 nitrogen and oxygen atoms in total. The standard InChI is InChI=1S/C39H51P3S2/c1-23(2)40(32-19-15-28-11-13-30-17-21-34(38(32)36(28)30)41(43,24(3)4)25(5)6)33-20-16-29-12-14-31-18-22-35(39(33)37(29)31)42(44,26(7)8)27(9)10/h15-27H,11-14H2,1-10H3. The number of rotatable bonds is 9. The average molecular weight is 677 g/mol. The molecule has 5 heteroatoms. The van der Waals surface area contributed by atoms with Crippen LogP contribution < -0.4 is 21.2 Å². The van der Waals surface area contributed by atoms with E-state index >= 15 is 0 Å². The summed E-state index contributed by atoms with van der Waals surface area (Å²) in [7, 11) is -0.664. The lowest BCUT2D eigenvalue weighted by Crippen LogP contribution is -2.29. The molecule has 4 aromatic rings. The van der Waals surface area contributed by atoms with Crippen molar-refractivity contribution in [3.8, 4) is 0 Å². The summed E-state index contributed by atoms with van der Waals surface area (Å²) < 4.78 is 0. The van der Waals surface area contributed by atoms with Gasteiger partial charge in [-0.05, 0) is 139 Å². The van der Waals surface area contributed by atoms with Gasteiger partial charge in [0.15, 0.2) is 0 Å². The van der Waals surface area contributed by atoms with E-state index in [4.69, 9.17) is 23.6 Å². The van der Waals surface area contributed by atoms with Crippen molar-refractivity contribution in [2.24, 2.45) is 0 Å². The van der Waals surface area contributed by atoms with Crippen LogP contribution >= 0.6 is 20.0 Å². The van der Waals surface area contributed by atoms with E-state index in [1.54, 1.807) is 32.2 Å². The van der Waals surface area contributed by atoms with E-state index in [-0.39, 0.29) is 0 Å². The molecule has 234 valence electrons. The Balaban J connectivity index is 1.76. The zero-order valence-corrected chi connectivity index (χ0v) is 32.8. The van der Waals surface area contributed by atoms with Gasteiger partial charge in [0.2, 0.25) is 0 Å². The number of benzene rings is 4. The Labute approximate surface area is 279 Å². The van der Waals surface area contributed by atoms with Crippen LogP contribution in [0.25, 0.3) is 21.5 Å². The first-order valence-corrected chi connectivity index (χ1v) is 24.2. The van der Waals surface area contributed by atoms with Crippen LogP contribution in [-0.4, -0.2) is 28.3 Å². The molecule has 0 spiro atoms. The second-order valence-corrected chi connectivity index (χ2v) is 29.0. The van der Waals surface area contributed by atoms with Crippen LogP contribution in [0.1, 0.15) is 91.5 Å². The Morgan fingerprint density at radius 1 is 0.455 bits per heavy atom. The van der Waals surface area contributed by atoms with Gasteiger partial charge in [0.25, 0.3) is 0 Å². The lowest BCUT2D eigenvalue weighted by Gasteiger charge is -2.36. The van der Waals surface area contributed by atoms with E-state index in [0.29, 0.717) is 28.3 Å². The molecule has 0 saturated carbocycles. The number of aryl methyl sites for hydroxylation is 4. The van der Waals surface area contributed by atoms with Crippen molar-refractivity contribution in [3.63, 3.8) is 0 Å². The molecule has 0 aromatic heterocycles. The third-order valence-corrected chi connectivity index (χ3v) is 28.2. The van der Waals surface area contributed by atoms with Gasteiger partial charge >= 0.3 is 0 Å². The van der Waals surface area contributed by atoms with Crippen LogP contribution in [0.2, 0.25) is 0 Å². The molecule has 0 bridgehead atoms. The fourth-order valence-electron chi connectivity index (χ4n) is 8.56.